The third kappa shape index (κ3) is 1.57. The number of nitrogens with zero attached hydrogens (tertiary/aromatic N) is 1. The highest BCUT2D eigenvalue weighted by Gasteiger charge is 2.23. The lowest BCUT2D eigenvalue weighted by Crippen LogP contribution is -2.15. The van der Waals surface area contributed by atoms with Gasteiger partial charge in [0.1, 0.15) is 23.9 Å². The molecule has 1 heterocycles. The molecule has 2 rings (SSSR count). The summed E-state index contributed by atoms with van der Waals surface area (Å²) in [6.45, 7) is 0.424. The van der Waals surface area contributed by atoms with Crippen molar-refractivity contribution in [1.82, 2.24) is 0 Å². The van der Waals surface area contributed by atoms with Gasteiger partial charge < -0.3 is 9.53 Å². The lowest BCUT2D eigenvalue weighted by Gasteiger charge is -2.22. The fourth-order valence-electron chi connectivity index (χ4n) is 1.66. The summed E-state index contributed by atoms with van der Waals surface area (Å²) in [6, 6.07) is 4.30. The summed E-state index contributed by atoms with van der Waals surface area (Å²) in [5, 5.41) is 8.63. The number of rotatable bonds is 1. The molecule has 15 heavy (non-hydrogen) atoms. The van der Waals surface area contributed by atoms with E-state index in [-0.39, 0.29) is 11.5 Å². The van der Waals surface area contributed by atoms with Crippen LogP contribution in [0.4, 0.5) is 4.39 Å². The van der Waals surface area contributed by atoms with Gasteiger partial charge in [-0.3, -0.25) is 0 Å². The zero-order valence-corrected chi connectivity index (χ0v) is 7.87. The number of ether oxygens (including phenoxy) is 1. The number of aldehydes is 1. The molecule has 76 valence electrons. The minimum absolute atomic E-state index is 0.0553. The Morgan fingerprint density at radius 3 is 3.07 bits per heavy atom. The first-order valence-electron chi connectivity index (χ1n) is 4.58. The molecular weight excluding hydrogens is 197 g/mol. The van der Waals surface area contributed by atoms with E-state index < -0.39 is 5.82 Å². The number of halogens is 1. The first kappa shape index (κ1) is 9.66. The third-order valence-corrected chi connectivity index (χ3v) is 2.47. The van der Waals surface area contributed by atoms with Crippen LogP contribution in [0.1, 0.15) is 23.5 Å². The van der Waals surface area contributed by atoms with E-state index in [9.17, 15) is 9.18 Å². The number of carbonyl (C=O) groups is 1. The minimum atomic E-state index is -0.603. The van der Waals surface area contributed by atoms with Gasteiger partial charge in [0.2, 0.25) is 0 Å². The molecule has 1 aliphatic rings. The van der Waals surface area contributed by atoms with Crippen LogP contribution in [-0.2, 0) is 4.79 Å². The summed E-state index contributed by atoms with van der Waals surface area (Å²) in [6.07, 6.45) is 1.34. The van der Waals surface area contributed by atoms with E-state index in [0.717, 1.165) is 6.29 Å². The van der Waals surface area contributed by atoms with Crippen molar-refractivity contribution < 1.29 is 13.9 Å². The predicted octanol–water partition coefficient (Wildman–Crippen LogP) is 1.76. The Balaban J connectivity index is 2.55. The molecule has 0 aliphatic carbocycles. The Hall–Kier alpha value is -1.89. The molecule has 0 saturated carbocycles. The number of hydrogen-bond donors (Lipinski definition) is 0. The van der Waals surface area contributed by atoms with Crippen LogP contribution in [0.25, 0.3) is 0 Å². The van der Waals surface area contributed by atoms with Crippen LogP contribution in [0.3, 0.4) is 0 Å². The van der Waals surface area contributed by atoms with Gasteiger partial charge >= 0.3 is 0 Å². The van der Waals surface area contributed by atoms with Crippen molar-refractivity contribution in [2.45, 2.75) is 12.3 Å². The molecule has 0 N–H and O–H groups in total. The second kappa shape index (κ2) is 3.70. The molecule has 0 spiro atoms. The summed E-state index contributed by atoms with van der Waals surface area (Å²) >= 11 is 0. The maximum absolute atomic E-state index is 13.3. The first-order chi connectivity index (χ1) is 7.26. The molecule has 1 atom stereocenters. The van der Waals surface area contributed by atoms with Crippen molar-refractivity contribution in [3.63, 3.8) is 0 Å². The molecule has 0 bridgehead atoms. The SMILES string of the molecule is N#Cc1cc2c(cc1F)C(C=O)CCO2. The van der Waals surface area contributed by atoms with Gasteiger partial charge in [0.25, 0.3) is 0 Å². The zero-order valence-electron chi connectivity index (χ0n) is 7.87. The second-order valence-corrected chi connectivity index (χ2v) is 3.36. The van der Waals surface area contributed by atoms with Crippen LogP contribution in [0.15, 0.2) is 12.1 Å². The molecule has 3 nitrogen and oxygen atoms in total. The van der Waals surface area contributed by atoms with E-state index in [2.05, 4.69) is 0 Å². The van der Waals surface area contributed by atoms with Crippen LogP contribution in [-0.4, -0.2) is 12.9 Å². The van der Waals surface area contributed by atoms with E-state index in [1.54, 1.807) is 6.07 Å². The Morgan fingerprint density at radius 1 is 1.60 bits per heavy atom. The van der Waals surface area contributed by atoms with Crippen molar-refractivity contribution in [3.8, 4) is 11.8 Å². The molecule has 0 fully saturated rings. The number of fused-ring (bicyclic) bond motifs is 1. The number of hydrogen-bond acceptors (Lipinski definition) is 3. The average molecular weight is 205 g/mol. The van der Waals surface area contributed by atoms with Crippen LogP contribution >= 0.6 is 0 Å². The van der Waals surface area contributed by atoms with E-state index in [0.29, 0.717) is 24.3 Å². The van der Waals surface area contributed by atoms with Crippen molar-refractivity contribution in [1.29, 1.82) is 5.26 Å². The van der Waals surface area contributed by atoms with E-state index in [1.165, 1.54) is 12.1 Å². The highest BCUT2D eigenvalue weighted by Crippen LogP contribution is 2.34. The fourth-order valence-corrected chi connectivity index (χ4v) is 1.66. The average Bonchev–Trinajstić information content (AvgIpc) is 2.27. The van der Waals surface area contributed by atoms with Crippen molar-refractivity contribution in [2.75, 3.05) is 6.61 Å². The van der Waals surface area contributed by atoms with Crippen LogP contribution < -0.4 is 4.74 Å². The Kier molecular flexibility index (Phi) is 2.38. The molecule has 0 saturated heterocycles. The van der Waals surface area contributed by atoms with E-state index in [1.807, 2.05) is 0 Å². The third-order valence-electron chi connectivity index (χ3n) is 2.47. The van der Waals surface area contributed by atoms with Crippen molar-refractivity contribution >= 4 is 6.29 Å². The minimum Gasteiger partial charge on any atom is -0.493 e. The highest BCUT2D eigenvalue weighted by atomic mass is 19.1. The smallest absolute Gasteiger partial charge is 0.141 e. The molecular formula is C11H8FNO2. The summed E-state index contributed by atoms with van der Waals surface area (Å²) < 4.78 is 18.6. The number of carbonyl (C=O) groups excluding carboxylic acids is 1. The summed E-state index contributed by atoms with van der Waals surface area (Å²) in [4.78, 5) is 10.7. The molecule has 1 unspecified atom stereocenters. The van der Waals surface area contributed by atoms with Crippen LogP contribution in [0.2, 0.25) is 0 Å². The Labute approximate surface area is 86.1 Å². The maximum atomic E-state index is 13.3. The van der Waals surface area contributed by atoms with Gasteiger partial charge in [-0.25, -0.2) is 4.39 Å². The van der Waals surface area contributed by atoms with Crippen molar-refractivity contribution in [2.24, 2.45) is 0 Å². The zero-order chi connectivity index (χ0) is 10.8. The summed E-state index contributed by atoms with van der Waals surface area (Å²) in [5.41, 5.74) is 0.480. The van der Waals surface area contributed by atoms with Gasteiger partial charge in [0.15, 0.2) is 0 Å². The maximum Gasteiger partial charge on any atom is 0.141 e. The molecule has 0 radical (unpaired) electrons. The highest BCUT2D eigenvalue weighted by molar-refractivity contribution is 5.65. The van der Waals surface area contributed by atoms with Crippen molar-refractivity contribution in [3.05, 3.63) is 29.1 Å². The molecule has 1 aromatic carbocycles. The van der Waals surface area contributed by atoms with Crippen LogP contribution in [0, 0.1) is 17.1 Å². The van der Waals surface area contributed by atoms with Gasteiger partial charge in [-0.15, -0.1) is 0 Å². The van der Waals surface area contributed by atoms with Crippen LogP contribution in [0.5, 0.6) is 5.75 Å². The lowest BCUT2D eigenvalue weighted by atomic mass is 9.93. The monoisotopic (exact) mass is 205 g/mol. The quantitative estimate of drug-likeness (QED) is 0.656. The lowest BCUT2D eigenvalue weighted by molar-refractivity contribution is -0.109. The van der Waals surface area contributed by atoms with Gasteiger partial charge in [-0.05, 0) is 12.5 Å². The van der Waals surface area contributed by atoms with Gasteiger partial charge in [0.05, 0.1) is 12.2 Å². The van der Waals surface area contributed by atoms with Gasteiger partial charge in [0, 0.05) is 17.5 Å². The molecule has 1 aromatic rings. The largest absolute Gasteiger partial charge is 0.493 e. The topological polar surface area (TPSA) is 50.1 Å². The van der Waals surface area contributed by atoms with Gasteiger partial charge in [-0.1, -0.05) is 0 Å². The first-order valence-corrected chi connectivity index (χ1v) is 4.58. The number of nitriles is 1. The number of benzene rings is 1. The fraction of sp³-hybridized carbons (Fsp3) is 0.273. The summed E-state index contributed by atoms with van der Waals surface area (Å²) in [5.74, 6) is -0.485. The normalized spacial score (nSPS) is 18.5. The van der Waals surface area contributed by atoms with E-state index in [4.69, 9.17) is 10.00 Å². The molecule has 0 aromatic heterocycles. The Morgan fingerprint density at radius 2 is 2.40 bits per heavy atom. The van der Waals surface area contributed by atoms with E-state index >= 15 is 0 Å². The summed E-state index contributed by atoms with van der Waals surface area (Å²) in [7, 11) is 0. The molecule has 1 aliphatic heterocycles. The van der Waals surface area contributed by atoms with Gasteiger partial charge in [-0.2, -0.15) is 5.26 Å². The predicted molar refractivity (Wildman–Crippen MR) is 50.0 cm³/mol. The molecule has 0 amide bonds. The standard InChI is InChI=1S/C11H8FNO2/c12-10-4-9-7(6-14)1-2-15-11(9)3-8(10)5-13/h3-4,6-7H,1-2H2. The Bertz CT molecular complexity index is 451. The second-order valence-electron chi connectivity index (χ2n) is 3.36. The molecule has 4 heteroatoms.